The molecule has 0 radical (unpaired) electrons. The van der Waals surface area contributed by atoms with E-state index in [9.17, 15) is 14.7 Å². The van der Waals surface area contributed by atoms with Gasteiger partial charge in [-0.1, -0.05) is 12.1 Å². The zero-order chi connectivity index (χ0) is 22.8. The van der Waals surface area contributed by atoms with Crippen LogP contribution in [0.1, 0.15) is 33.1 Å². The fraction of sp³-hybridized carbons (Fsp3) is 0.200. The fourth-order valence-electron chi connectivity index (χ4n) is 4.05. The van der Waals surface area contributed by atoms with Gasteiger partial charge in [-0.05, 0) is 65.2 Å². The summed E-state index contributed by atoms with van der Waals surface area (Å²) in [6.45, 7) is 0. The Morgan fingerprint density at radius 2 is 1.53 bits per heavy atom. The molecule has 1 N–H and O–H groups in total. The lowest BCUT2D eigenvalue weighted by Crippen LogP contribution is -2.41. The average molecular weight is 433 g/mol. The number of hydrogen-bond acceptors (Lipinski definition) is 5. The monoisotopic (exact) mass is 433 g/mol. The predicted octanol–water partition coefficient (Wildman–Crippen LogP) is 4.09. The number of amides is 1. The second kappa shape index (κ2) is 8.63. The van der Waals surface area contributed by atoms with Crippen molar-refractivity contribution in [2.75, 3.05) is 26.2 Å². The van der Waals surface area contributed by atoms with Gasteiger partial charge >= 0.3 is 5.97 Å². The Balaban J connectivity index is 1.90. The third-order valence-corrected chi connectivity index (χ3v) is 5.63. The first kappa shape index (κ1) is 21.2. The number of benzene rings is 3. The number of nitrogens with zero attached hydrogens (tertiary/aromatic N) is 1. The zero-order valence-electron chi connectivity index (χ0n) is 18.0. The highest BCUT2D eigenvalue weighted by Crippen LogP contribution is 2.43. The van der Waals surface area contributed by atoms with Gasteiger partial charge < -0.3 is 24.2 Å². The highest BCUT2D eigenvalue weighted by atomic mass is 16.5. The maximum atomic E-state index is 13.4. The zero-order valence-corrected chi connectivity index (χ0v) is 18.0. The van der Waals surface area contributed by atoms with E-state index in [1.54, 1.807) is 38.4 Å². The molecule has 0 aliphatic carbocycles. The smallest absolute Gasteiger partial charge is 0.335 e. The number of carbonyl (C=O) groups excluding carboxylic acids is 1. The molecule has 0 fully saturated rings. The molecule has 0 aromatic heterocycles. The van der Waals surface area contributed by atoms with Crippen molar-refractivity contribution >= 4 is 17.6 Å². The van der Waals surface area contributed by atoms with Gasteiger partial charge in [-0.25, -0.2) is 4.79 Å². The number of hydrogen-bond donors (Lipinski definition) is 1. The van der Waals surface area contributed by atoms with Crippen LogP contribution in [0, 0.1) is 0 Å². The van der Waals surface area contributed by atoms with Crippen LogP contribution in [0.4, 0.5) is 5.69 Å². The Hall–Kier alpha value is -4.00. The first-order valence-electron chi connectivity index (χ1n) is 10.0. The molecule has 3 aromatic rings. The van der Waals surface area contributed by atoms with Gasteiger partial charge in [0.15, 0.2) is 11.5 Å². The Morgan fingerprint density at radius 1 is 0.906 bits per heavy atom. The van der Waals surface area contributed by atoms with Crippen molar-refractivity contribution < 1.29 is 28.9 Å². The quantitative estimate of drug-likeness (QED) is 0.630. The minimum Gasteiger partial charge on any atom is -0.497 e. The molecule has 0 spiro atoms. The second-order valence-electron chi connectivity index (χ2n) is 7.37. The van der Waals surface area contributed by atoms with Crippen LogP contribution in [-0.4, -0.2) is 38.3 Å². The number of methoxy groups -OCH3 is 3. The molecular formula is C25H23NO6. The molecule has 1 amide bonds. The van der Waals surface area contributed by atoms with E-state index in [0.717, 1.165) is 16.7 Å². The maximum Gasteiger partial charge on any atom is 0.335 e. The van der Waals surface area contributed by atoms with E-state index in [0.29, 0.717) is 22.9 Å². The number of anilines is 1. The van der Waals surface area contributed by atoms with Crippen LogP contribution in [-0.2, 0) is 11.2 Å². The highest BCUT2D eigenvalue weighted by Gasteiger charge is 2.36. The van der Waals surface area contributed by atoms with Crippen LogP contribution in [0.3, 0.4) is 0 Å². The molecule has 1 aliphatic heterocycles. The summed E-state index contributed by atoms with van der Waals surface area (Å²) in [5.74, 6) is 0.719. The average Bonchev–Trinajstić information content (AvgIpc) is 2.82. The lowest BCUT2D eigenvalue weighted by molar-refractivity contribution is -0.118. The van der Waals surface area contributed by atoms with Crippen LogP contribution in [0.15, 0.2) is 60.7 Å². The molecule has 1 aliphatic rings. The minimum absolute atomic E-state index is 0.103. The van der Waals surface area contributed by atoms with E-state index in [2.05, 4.69) is 0 Å². The van der Waals surface area contributed by atoms with Crippen LogP contribution in [0.25, 0.3) is 0 Å². The lowest BCUT2D eigenvalue weighted by atomic mass is 9.86. The van der Waals surface area contributed by atoms with Gasteiger partial charge in [-0.15, -0.1) is 0 Å². The molecule has 1 heterocycles. The van der Waals surface area contributed by atoms with Crippen molar-refractivity contribution in [1.82, 2.24) is 0 Å². The maximum absolute atomic E-state index is 13.4. The molecule has 1 unspecified atom stereocenters. The second-order valence-corrected chi connectivity index (χ2v) is 7.37. The number of fused-ring (bicyclic) bond motifs is 1. The Bertz CT molecular complexity index is 1150. The molecule has 164 valence electrons. The molecular weight excluding hydrogens is 410 g/mol. The molecule has 0 saturated heterocycles. The molecule has 4 rings (SSSR count). The van der Waals surface area contributed by atoms with Crippen molar-refractivity contribution in [1.29, 1.82) is 0 Å². The summed E-state index contributed by atoms with van der Waals surface area (Å²) >= 11 is 0. The predicted molar refractivity (Wildman–Crippen MR) is 119 cm³/mol. The summed E-state index contributed by atoms with van der Waals surface area (Å²) in [6.07, 6.45) is 0.184. The van der Waals surface area contributed by atoms with Crippen LogP contribution < -0.4 is 19.1 Å². The van der Waals surface area contributed by atoms with Crippen LogP contribution in [0.5, 0.6) is 17.2 Å². The SMILES string of the molecule is COc1ccc(C2c3cc(OC)c(OC)cc3CC(=O)N2c2ccc(C(=O)O)cc2)cc1. The number of carbonyl (C=O) groups is 2. The van der Waals surface area contributed by atoms with Gasteiger partial charge in [0.2, 0.25) is 5.91 Å². The lowest BCUT2D eigenvalue weighted by Gasteiger charge is -2.38. The summed E-state index contributed by atoms with van der Waals surface area (Å²) in [4.78, 5) is 26.3. The molecule has 0 saturated carbocycles. The van der Waals surface area contributed by atoms with Crippen molar-refractivity contribution in [3.05, 3.63) is 82.9 Å². The number of carboxylic acids is 1. The summed E-state index contributed by atoms with van der Waals surface area (Å²) in [5, 5.41) is 9.24. The van der Waals surface area contributed by atoms with Gasteiger partial charge in [-0.2, -0.15) is 0 Å². The number of rotatable bonds is 6. The first-order valence-corrected chi connectivity index (χ1v) is 10.0. The van der Waals surface area contributed by atoms with Gasteiger partial charge in [0.25, 0.3) is 0 Å². The third kappa shape index (κ3) is 3.73. The first-order chi connectivity index (χ1) is 15.5. The van der Waals surface area contributed by atoms with Crippen molar-refractivity contribution in [2.45, 2.75) is 12.5 Å². The minimum atomic E-state index is -1.02. The van der Waals surface area contributed by atoms with E-state index in [1.807, 2.05) is 36.4 Å². The summed E-state index contributed by atoms with van der Waals surface area (Å²) in [7, 11) is 4.73. The molecule has 7 nitrogen and oxygen atoms in total. The fourth-order valence-corrected chi connectivity index (χ4v) is 4.05. The molecule has 32 heavy (non-hydrogen) atoms. The van der Waals surface area contributed by atoms with Crippen molar-refractivity contribution in [3.8, 4) is 17.2 Å². The number of carboxylic acid groups (broad SMARTS) is 1. The van der Waals surface area contributed by atoms with Crippen molar-refractivity contribution in [2.24, 2.45) is 0 Å². The van der Waals surface area contributed by atoms with Crippen LogP contribution in [0.2, 0.25) is 0 Å². The van der Waals surface area contributed by atoms with E-state index < -0.39 is 12.0 Å². The molecule has 0 bridgehead atoms. The topological polar surface area (TPSA) is 85.3 Å². The standard InChI is InChI=1S/C25H23NO6/c1-30-19-10-6-15(7-11-19)24-20-14-22(32-3)21(31-2)12-17(20)13-23(27)26(24)18-8-4-16(5-9-18)25(28)29/h4-12,14,24H,13H2,1-3H3,(H,28,29). The normalized spacial score (nSPS) is 15.2. The van der Waals surface area contributed by atoms with E-state index in [1.165, 1.54) is 12.1 Å². The molecule has 1 atom stereocenters. The Morgan fingerprint density at radius 3 is 2.09 bits per heavy atom. The Labute approximate surface area is 185 Å². The van der Waals surface area contributed by atoms with Gasteiger partial charge in [0.1, 0.15) is 5.75 Å². The summed E-state index contributed by atoms with van der Waals surface area (Å²) in [5.41, 5.74) is 3.42. The van der Waals surface area contributed by atoms with Gasteiger partial charge in [-0.3, -0.25) is 4.79 Å². The van der Waals surface area contributed by atoms with Gasteiger partial charge in [0.05, 0.1) is 39.4 Å². The Kier molecular flexibility index (Phi) is 5.73. The number of ether oxygens (including phenoxy) is 3. The van der Waals surface area contributed by atoms with E-state index in [4.69, 9.17) is 14.2 Å². The molecule has 7 heteroatoms. The van der Waals surface area contributed by atoms with E-state index in [-0.39, 0.29) is 17.9 Å². The van der Waals surface area contributed by atoms with Crippen molar-refractivity contribution in [3.63, 3.8) is 0 Å². The molecule has 3 aromatic carbocycles. The largest absolute Gasteiger partial charge is 0.497 e. The van der Waals surface area contributed by atoms with Gasteiger partial charge in [0, 0.05) is 5.69 Å². The summed E-state index contributed by atoms with van der Waals surface area (Å²) in [6, 6.07) is 17.1. The van der Waals surface area contributed by atoms with Crippen LogP contribution >= 0.6 is 0 Å². The summed E-state index contributed by atoms with van der Waals surface area (Å²) < 4.78 is 16.2. The number of aromatic carboxylic acids is 1. The highest BCUT2D eigenvalue weighted by molar-refractivity contribution is 5.99. The third-order valence-electron chi connectivity index (χ3n) is 5.63. The van der Waals surface area contributed by atoms with E-state index >= 15 is 0 Å².